The van der Waals surface area contributed by atoms with E-state index in [0.29, 0.717) is 29.1 Å². The zero-order chi connectivity index (χ0) is 54.4. The van der Waals surface area contributed by atoms with Crippen molar-refractivity contribution in [3.8, 4) is 0 Å². The Morgan fingerprint density at radius 2 is 1.54 bits per heavy atom. The van der Waals surface area contributed by atoms with Crippen molar-refractivity contribution in [2.45, 2.75) is 163 Å². The maximum atomic E-state index is 14.3. The summed E-state index contributed by atoms with van der Waals surface area (Å²) in [5.41, 5.74) is 1.38. The van der Waals surface area contributed by atoms with Crippen LogP contribution in [-0.2, 0) is 54.2 Å². The lowest BCUT2D eigenvalue weighted by atomic mass is 9.90. The van der Waals surface area contributed by atoms with Crippen LogP contribution in [0.15, 0.2) is 47.6 Å². The van der Waals surface area contributed by atoms with E-state index in [4.69, 9.17) is 25.8 Å². The molecule has 4 N–H and O–H groups in total. The number of unbranched alkanes of at least 4 members (excludes halogenated alkanes) is 3. The molecule has 19 heteroatoms. The summed E-state index contributed by atoms with van der Waals surface area (Å²) in [6.45, 7) is 17.8. The molecule has 9 atom stereocenters. The van der Waals surface area contributed by atoms with Crippen LogP contribution in [0.3, 0.4) is 0 Å². The van der Waals surface area contributed by atoms with Gasteiger partial charge in [-0.3, -0.25) is 24.0 Å². The fourth-order valence-corrected chi connectivity index (χ4v) is 8.14. The Morgan fingerprint density at radius 1 is 0.917 bits per heavy atom. The third-order valence-corrected chi connectivity index (χ3v) is 13.4. The monoisotopic (exact) mass is 1030 g/mol. The van der Waals surface area contributed by atoms with Crippen LogP contribution in [0.2, 0.25) is 5.02 Å². The highest BCUT2D eigenvalue weighted by Crippen LogP contribution is 2.27. The molecule has 1 unspecified atom stereocenters. The van der Waals surface area contributed by atoms with Gasteiger partial charge in [-0.2, -0.15) is 0 Å². The normalized spacial score (nSPS) is 25.6. The highest BCUT2D eigenvalue weighted by Gasteiger charge is 2.38. The largest absolute Gasteiger partial charge is 0.456 e. The number of hydrogen-bond donors (Lipinski definition) is 4. The molecule has 404 valence electrons. The number of nitrogens with zero attached hydrogens (tertiary/aromatic N) is 3. The molecule has 2 rings (SSSR count). The van der Waals surface area contributed by atoms with Gasteiger partial charge >= 0.3 is 18.0 Å². The molecule has 0 radical (unpaired) electrons. The minimum absolute atomic E-state index is 0.0113. The van der Waals surface area contributed by atoms with Crippen molar-refractivity contribution in [2.24, 2.45) is 17.8 Å². The zero-order valence-corrected chi connectivity index (χ0v) is 46.0. The fourth-order valence-electron chi connectivity index (χ4n) is 8.01. The molecule has 0 bridgehead atoms. The summed E-state index contributed by atoms with van der Waals surface area (Å²) in [6, 6.07) is 2.00. The van der Waals surface area contributed by atoms with E-state index in [-0.39, 0.29) is 30.8 Å². The van der Waals surface area contributed by atoms with Crippen molar-refractivity contribution in [3.05, 3.63) is 58.1 Å². The van der Waals surface area contributed by atoms with Gasteiger partial charge in [0.25, 0.3) is 5.91 Å². The minimum Gasteiger partial charge on any atom is -0.456 e. The molecular formula is C53H84ClN7O11. The lowest BCUT2D eigenvalue weighted by Crippen LogP contribution is -2.57. The Labute approximate surface area is 433 Å². The lowest BCUT2D eigenvalue weighted by Gasteiger charge is -2.33. The summed E-state index contributed by atoms with van der Waals surface area (Å²) in [7, 11) is 6.36. The molecule has 0 fully saturated rings. The number of benzene rings is 1. The number of rotatable bonds is 15. The number of cyclic esters (lactones) is 2. The highest BCUT2D eigenvalue weighted by atomic mass is 35.5. The second-order valence-electron chi connectivity index (χ2n) is 19.6. The van der Waals surface area contributed by atoms with E-state index in [1.807, 2.05) is 27.8 Å². The Balaban J connectivity index is 2.71. The first-order chi connectivity index (χ1) is 33.9. The van der Waals surface area contributed by atoms with Crippen molar-refractivity contribution in [1.29, 1.82) is 0 Å². The Morgan fingerprint density at radius 3 is 2.14 bits per heavy atom. The first-order valence-electron chi connectivity index (χ1n) is 25.3. The molecule has 18 nitrogen and oxygen atoms in total. The molecule has 1 aliphatic rings. The Bertz CT molecular complexity index is 2050. The molecule has 0 aromatic heterocycles. The van der Waals surface area contributed by atoms with Crippen LogP contribution in [0.1, 0.15) is 120 Å². The summed E-state index contributed by atoms with van der Waals surface area (Å²) in [5.74, 6) is -6.19. The van der Waals surface area contributed by atoms with Crippen molar-refractivity contribution in [3.63, 3.8) is 0 Å². The van der Waals surface area contributed by atoms with Crippen LogP contribution in [0.25, 0.3) is 0 Å². The van der Waals surface area contributed by atoms with Gasteiger partial charge in [-0.1, -0.05) is 89.8 Å². The van der Waals surface area contributed by atoms with Crippen LogP contribution in [0.4, 0.5) is 4.79 Å². The van der Waals surface area contributed by atoms with Crippen molar-refractivity contribution in [2.75, 3.05) is 47.8 Å². The number of nitrogens with one attached hydrogen (secondary N) is 4. The number of allylic oxidation sites excluding steroid dienone is 1. The molecule has 72 heavy (non-hydrogen) atoms. The van der Waals surface area contributed by atoms with E-state index in [9.17, 15) is 38.4 Å². The third-order valence-electron chi connectivity index (χ3n) is 13.1. The molecule has 0 spiro atoms. The van der Waals surface area contributed by atoms with Crippen molar-refractivity contribution >= 4 is 59.2 Å². The van der Waals surface area contributed by atoms with Crippen LogP contribution in [-0.4, -0.2) is 153 Å². The van der Waals surface area contributed by atoms with E-state index < -0.39 is 108 Å². The van der Waals surface area contributed by atoms with E-state index in [1.54, 1.807) is 71.2 Å². The minimum atomic E-state index is -1.32. The van der Waals surface area contributed by atoms with Gasteiger partial charge in [-0.05, 0) is 103 Å². The molecule has 0 saturated carbocycles. The first-order valence-corrected chi connectivity index (χ1v) is 25.7. The van der Waals surface area contributed by atoms with Gasteiger partial charge in [0, 0.05) is 57.0 Å². The second kappa shape index (κ2) is 31.2. The standard InChI is InChI=1S/C53H84ClN7O11/c1-15-33(5)45-48(64)57-38(10)52(68)72-46(34(6)16-2)36(8)42(71-53(69)59(12)28-20-18-17-19-27-55-11)26-21-35(7)51(67)70-43(29-32(3)4)47(63)56-37(9)49(65)61(14)41(30-39-22-24-40(54)25-23-39)50(66)60(13)31-44(62)58-45/h16,21-25,32-33,36-38,41-43,45-46,55H,15,17-20,26-31H2,1-14H3,(H,56,63)(H,57,64)(H,58,62)/b34-16+,35-21+/t33?,36-,37-,38+,41+,42-,43+,45-,46+/m0/s1. The molecular weight excluding hydrogens is 946 g/mol. The molecule has 1 aromatic rings. The van der Waals surface area contributed by atoms with Gasteiger partial charge in [-0.15, -0.1) is 0 Å². The molecule has 0 aliphatic carbocycles. The maximum absolute atomic E-state index is 14.3. The number of carbonyl (C=O) groups excluding carboxylic acids is 8. The number of likely N-dealkylation sites (N-methyl/N-ethyl adjacent to an activating group) is 2. The van der Waals surface area contributed by atoms with E-state index in [1.165, 1.54) is 44.7 Å². The highest BCUT2D eigenvalue weighted by molar-refractivity contribution is 6.30. The Kier molecular flexibility index (Phi) is 27.1. The average Bonchev–Trinajstić information content (AvgIpc) is 3.34. The molecule has 1 aliphatic heterocycles. The van der Waals surface area contributed by atoms with Crippen LogP contribution < -0.4 is 21.3 Å². The summed E-state index contributed by atoms with van der Waals surface area (Å²) in [4.78, 5) is 115. The molecule has 0 saturated heterocycles. The van der Waals surface area contributed by atoms with Gasteiger partial charge in [0.15, 0.2) is 6.10 Å². The summed E-state index contributed by atoms with van der Waals surface area (Å²) >= 11 is 6.15. The van der Waals surface area contributed by atoms with Crippen LogP contribution in [0, 0.1) is 17.8 Å². The van der Waals surface area contributed by atoms with Gasteiger partial charge in [0.1, 0.15) is 36.4 Å². The summed E-state index contributed by atoms with van der Waals surface area (Å²) in [6.07, 6.45) is 3.64. The summed E-state index contributed by atoms with van der Waals surface area (Å²) in [5, 5.41) is 11.7. The van der Waals surface area contributed by atoms with E-state index in [0.717, 1.165) is 37.1 Å². The lowest BCUT2D eigenvalue weighted by molar-refractivity contribution is -0.155. The number of esters is 2. The Hall–Kier alpha value is -5.49. The number of halogens is 1. The van der Waals surface area contributed by atoms with Crippen LogP contribution >= 0.6 is 11.6 Å². The number of ether oxygens (including phenoxy) is 3. The predicted molar refractivity (Wildman–Crippen MR) is 277 cm³/mol. The second-order valence-corrected chi connectivity index (χ2v) is 20.1. The van der Waals surface area contributed by atoms with Gasteiger partial charge in [0.2, 0.25) is 23.6 Å². The van der Waals surface area contributed by atoms with Gasteiger partial charge in [0.05, 0.1) is 6.54 Å². The third kappa shape index (κ3) is 20.2. The average molecular weight is 1030 g/mol. The van der Waals surface area contributed by atoms with E-state index in [2.05, 4.69) is 21.3 Å². The quantitative estimate of drug-likeness (QED) is 0.0715. The summed E-state index contributed by atoms with van der Waals surface area (Å²) < 4.78 is 18.1. The predicted octanol–water partition coefficient (Wildman–Crippen LogP) is 5.75. The molecule has 1 heterocycles. The van der Waals surface area contributed by atoms with Crippen molar-refractivity contribution < 1.29 is 52.6 Å². The molecule has 1 aromatic carbocycles. The smallest absolute Gasteiger partial charge is 0.409 e. The number of carbonyl (C=O) groups is 8. The van der Waals surface area contributed by atoms with Crippen LogP contribution in [0.5, 0.6) is 0 Å². The topological polar surface area (TPSA) is 222 Å². The maximum Gasteiger partial charge on any atom is 0.409 e. The molecule has 6 amide bonds. The van der Waals surface area contributed by atoms with Gasteiger partial charge < -0.3 is 50.2 Å². The van der Waals surface area contributed by atoms with E-state index >= 15 is 0 Å². The number of hydrogen-bond acceptors (Lipinski definition) is 12. The van der Waals surface area contributed by atoms with Gasteiger partial charge in [-0.25, -0.2) is 14.4 Å². The zero-order valence-electron chi connectivity index (χ0n) is 45.2. The van der Waals surface area contributed by atoms with Crippen molar-refractivity contribution in [1.82, 2.24) is 36.0 Å². The fraction of sp³-hybridized carbons (Fsp3) is 0.660. The number of amides is 6. The SMILES string of the molecule is C/C=C(\C)[C@H]1OC(=O)[C@@H](C)NC(=O)[C@H](C(C)CC)NC(=O)CN(C)C(=O)[C@@H](Cc2ccc(Cl)cc2)N(C)C(=O)[C@H](C)NC(=O)[C@@H](CC(C)C)OC(=O)/C(C)=C/C[C@H](OC(=O)N(C)CCCCCCNC)[C@@H]1C. The first kappa shape index (κ1) is 62.6.